The van der Waals surface area contributed by atoms with Crippen molar-refractivity contribution in [3.8, 4) is 11.5 Å². The molecule has 2 N–H and O–H groups in total. The maximum atomic E-state index is 11.5. The molecule has 0 spiro atoms. The molecule has 0 bridgehead atoms. The highest BCUT2D eigenvalue weighted by Crippen LogP contribution is 2.37. The number of carbonyl (C=O) groups is 1. The maximum Gasteiger partial charge on any atom is 0.320 e. The Morgan fingerprint density at radius 3 is 2.45 bits per heavy atom. The third-order valence-corrected chi connectivity index (χ3v) is 5.06. The van der Waals surface area contributed by atoms with Crippen molar-refractivity contribution < 1.29 is 19.4 Å². The topological polar surface area (TPSA) is 67.8 Å². The van der Waals surface area contributed by atoms with Crippen LogP contribution in [0.5, 0.6) is 11.5 Å². The molecular weight excluding hydrogens is 458 g/mol. The minimum absolute atomic E-state index is 0.290. The molecule has 0 saturated carbocycles. The van der Waals surface area contributed by atoms with Crippen LogP contribution in [0.3, 0.4) is 0 Å². The number of rotatable bonds is 11. The zero-order chi connectivity index (χ0) is 21.4. The summed E-state index contributed by atoms with van der Waals surface area (Å²) in [5.74, 6) is 0.676. The first-order chi connectivity index (χ1) is 13.8. The Morgan fingerprint density at radius 1 is 1.17 bits per heavy atom. The molecule has 7 heteroatoms. The van der Waals surface area contributed by atoms with E-state index in [0.29, 0.717) is 42.7 Å². The van der Waals surface area contributed by atoms with Crippen LogP contribution in [0.25, 0.3) is 0 Å². The van der Waals surface area contributed by atoms with Crippen molar-refractivity contribution in [1.82, 2.24) is 5.32 Å². The molecule has 5 nitrogen and oxygen atoms in total. The third kappa shape index (κ3) is 7.53. The highest BCUT2D eigenvalue weighted by molar-refractivity contribution is 9.10. The van der Waals surface area contributed by atoms with E-state index in [1.807, 2.05) is 57.2 Å². The van der Waals surface area contributed by atoms with Gasteiger partial charge in [-0.05, 0) is 70.6 Å². The third-order valence-electron chi connectivity index (χ3n) is 4.22. The molecule has 0 aliphatic rings. The van der Waals surface area contributed by atoms with Gasteiger partial charge in [0.15, 0.2) is 11.5 Å². The fourth-order valence-corrected chi connectivity index (χ4v) is 3.58. The zero-order valence-electron chi connectivity index (χ0n) is 16.9. The van der Waals surface area contributed by atoms with Crippen LogP contribution >= 0.6 is 27.5 Å². The van der Waals surface area contributed by atoms with Gasteiger partial charge in [0, 0.05) is 11.6 Å². The van der Waals surface area contributed by atoms with Crippen LogP contribution in [0.4, 0.5) is 0 Å². The Balaban J connectivity index is 2.13. The Kier molecular flexibility index (Phi) is 9.27. The molecule has 0 aliphatic carbocycles. The summed E-state index contributed by atoms with van der Waals surface area (Å²) in [5, 5.41) is 13.2. The van der Waals surface area contributed by atoms with Crippen LogP contribution in [0.1, 0.15) is 38.3 Å². The highest BCUT2D eigenvalue weighted by Gasteiger charge is 2.19. The summed E-state index contributed by atoms with van der Waals surface area (Å²) in [6.45, 7) is 7.21. The molecule has 29 heavy (non-hydrogen) atoms. The summed E-state index contributed by atoms with van der Waals surface area (Å²) >= 11 is 9.49. The summed E-state index contributed by atoms with van der Waals surface area (Å²) in [7, 11) is 0. The van der Waals surface area contributed by atoms with Gasteiger partial charge < -0.3 is 19.9 Å². The van der Waals surface area contributed by atoms with Crippen molar-refractivity contribution in [3.05, 3.63) is 57.0 Å². The van der Waals surface area contributed by atoms with Gasteiger partial charge in [-0.3, -0.25) is 4.79 Å². The smallest absolute Gasteiger partial charge is 0.320 e. The number of hydrogen-bond donors (Lipinski definition) is 2. The van der Waals surface area contributed by atoms with E-state index in [9.17, 15) is 9.90 Å². The first kappa shape index (κ1) is 23.5. The number of ether oxygens (including phenoxy) is 2. The summed E-state index contributed by atoms with van der Waals surface area (Å²) in [5.41, 5.74) is 1.90. The molecule has 0 radical (unpaired) electrons. The van der Waals surface area contributed by atoms with Crippen LogP contribution < -0.4 is 14.8 Å². The van der Waals surface area contributed by atoms with E-state index in [2.05, 4.69) is 21.2 Å². The fraction of sp³-hybridized carbons (Fsp3) is 0.409. The molecule has 0 heterocycles. The minimum Gasteiger partial charge on any atom is -0.490 e. The normalized spacial score (nSPS) is 12.1. The minimum atomic E-state index is -0.842. The Labute approximate surface area is 185 Å². The van der Waals surface area contributed by atoms with Crippen LogP contribution in [0, 0.1) is 5.92 Å². The number of benzene rings is 2. The van der Waals surface area contributed by atoms with Gasteiger partial charge in [0.05, 0.1) is 11.1 Å². The highest BCUT2D eigenvalue weighted by atomic mass is 79.9. The fourth-order valence-electron chi connectivity index (χ4n) is 2.85. The van der Waals surface area contributed by atoms with Gasteiger partial charge in [0.2, 0.25) is 0 Å². The number of halogens is 2. The lowest BCUT2D eigenvalue weighted by Crippen LogP contribution is -2.37. The molecule has 1 unspecified atom stereocenters. The number of nitrogens with one attached hydrogen (secondary N) is 1. The van der Waals surface area contributed by atoms with Gasteiger partial charge in [0.1, 0.15) is 12.6 Å². The van der Waals surface area contributed by atoms with Crippen LogP contribution in [0.2, 0.25) is 5.02 Å². The second-order valence-corrected chi connectivity index (χ2v) is 8.45. The molecule has 1 atom stereocenters. The standard InChI is InChI=1S/C22H27BrClNO4/c1-4-28-20-11-16(12-25-19(22(26)27)9-14(2)3)10-18(23)21(20)29-13-15-5-7-17(24)8-6-15/h5-8,10-11,14,19,25H,4,9,12-13H2,1-3H3,(H,26,27). The van der Waals surface area contributed by atoms with Gasteiger partial charge in [-0.1, -0.05) is 37.6 Å². The van der Waals surface area contributed by atoms with Gasteiger partial charge in [-0.25, -0.2) is 0 Å². The molecule has 0 amide bonds. The SMILES string of the molecule is CCOc1cc(CNC(CC(C)C)C(=O)O)cc(Br)c1OCc1ccc(Cl)cc1. The van der Waals surface area contributed by atoms with E-state index in [0.717, 1.165) is 15.6 Å². The lowest BCUT2D eigenvalue weighted by molar-refractivity contribution is -0.140. The molecule has 0 saturated heterocycles. The molecule has 158 valence electrons. The predicted octanol–water partition coefficient (Wildman–Crippen LogP) is 5.67. The van der Waals surface area contributed by atoms with Crippen LogP contribution in [-0.2, 0) is 17.9 Å². The van der Waals surface area contributed by atoms with Crippen molar-refractivity contribution in [2.45, 2.75) is 46.4 Å². The average Bonchev–Trinajstić information content (AvgIpc) is 2.65. The first-order valence-electron chi connectivity index (χ1n) is 9.58. The van der Waals surface area contributed by atoms with Gasteiger partial charge >= 0.3 is 5.97 Å². The van der Waals surface area contributed by atoms with E-state index < -0.39 is 12.0 Å². The predicted molar refractivity (Wildman–Crippen MR) is 119 cm³/mol. The maximum absolute atomic E-state index is 11.5. The molecule has 0 aromatic heterocycles. The molecule has 2 aromatic carbocycles. The Bertz CT molecular complexity index is 811. The Hall–Kier alpha value is -1.76. The zero-order valence-corrected chi connectivity index (χ0v) is 19.2. The van der Waals surface area contributed by atoms with Crippen molar-refractivity contribution in [2.75, 3.05) is 6.61 Å². The number of carboxylic acid groups (broad SMARTS) is 1. The van der Waals surface area contributed by atoms with Crippen LogP contribution in [0.15, 0.2) is 40.9 Å². The molecule has 0 fully saturated rings. The van der Waals surface area contributed by atoms with E-state index in [1.54, 1.807) is 0 Å². The van der Waals surface area contributed by atoms with Crippen molar-refractivity contribution in [2.24, 2.45) is 5.92 Å². The molecular formula is C22H27BrClNO4. The lowest BCUT2D eigenvalue weighted by atomic mass is 10.0. The quantitative estimate of drug-likeness (QED) is 0.430. The molecule has 0 aliphatic heterocycles. The Morgan fingerprint density at radius 2 is 1.86 bits per heavy atom. The summed E-state index contributed by atoms with van der Waals surface area (Å²) in [4.78, 5) is 11.5. The number of carboxylic acids is 1. The second-order valence-electron chi connectivity index (χ2n) is 7.15. The summed E-state index contributed by atoms with van der Waals surface area (Å²) in [6, 6.07) is 10.7. The largest absolute Gasteiger partial charge is 0.490 e. The van der Waals surface area contributed by atoms with E-state index in [-0.39, 0.29) is 5.92 Å². The van der Waals surface area contributed by atoms with E-state index in [4.69, 9.17) is 21.1 Å². The van der Waals surface area contributed by atoms with Crippen molar-refractivity contribution >= 4 is 33.5 Å². The van der Waals surface area contributed by atoms with E-state index >= 15 is 0 Å². The van der Waals surface area contributed by atoms with Crippen molar-refractivity contribution in [3.63, 3.8) is 0 Å². The van der Waals surface area contributed by atoms with E-state index in [1.165, 1.54) is 0 Å². The van der Waals surface area contributed by atoms with Gasteiger partial charge in [-0.15, -0.1) is 0 Å². The summed E-state index contributed by atoms with van der Waals surface area (Å²) in [6.07, 6.45) is 0.567. The molecule has 2 rings (SSSR count). The number of aliphatic carboxylic acids is 1. The van der Waals surface area contributed by atoms with Crippen LogP contribution in [-0.4, -0.2) is 23.7 Å². The van der Waals surface area contributed by atoms with Gasteiger partial charge in [0.25, 0.3) is 0 Å². The molecule has 2 aromatic rings. The van der Waals surface area contributed by atoms with Crippen molar-refractivity contribution in [1.29, 1.82) is 0 Å². The van der Waals surface area contributed by atoms with Gasteiger partial charge in [-0.2, -0.15) is 0 Å². The number of hydrogen-bond acceptors (Lipinski definition) is 4. The monoisotopic (exact) mass is 483 g/mol. The first-order valence-corrected chi connectivity index (χ1v) is 10.8. The lowest BCUT2D eigenvalue weighted by Gasteiger charge is -2.18. The second kappa shape index (κ2) is 11.4. The average molecular weight is 485 g/mol. The summed E-state index contributed by atoms with van der Waals surface area (Å²) < 4.78 is 12.5.